The van der Waals surface area contributed by atoms with Gasteiger partial charge in [-0.2, -0.15) is 0 Å². The maximum atomic E-state index is 5.32. The summed E-state index contributed by atoms with van der Waals surface area (Å²) in [5.74, 6) is 1.64. The van der Waals surface area contributed by atoms with E-state index in [0.717, 1.165) is 40.1 Å². The van der Waals surface area contributed by atoms with Crippen molar-refractivity contribution in [3.63, 3.8) is 0 Å². The monoisotopic (exact) mass is 737 g/mol. The van der Waals surface area contributed by atoms with Crippen LogP contribution in [-0.2, 0) is 0 Å². The summed E-state index contributed by atoms with van der Waals surface area (Å²) in [4.78, 5) is 22.6. The molecule has 0 aliphatic heterocycles. The van der Waals surface area contributed by atoms with Crippen molar-refractivity contribution in [1.82, 2.24) is 19.9 Å². The van der Waals surface area contributed by atoms with Gasteiger partial charge in [-0.05, 0) is 0 Å². The molecule has 0 amide bonds. The van der Waals surface area contributed by atoms with Gasteiger partial charge in [-0.25, -0.2) is 0 Å². The molecule has 0 bridgehead atoms. The van der Waals surface area contributed by atoms with Crippen LogP contribution >= 0.6 is 0 Å². The van der Waals surface area contributed by atoms with Crippen molar-refractivity contribution < 1.29 is 0 Å². The molecule has 9 aromatic rings. The van der Waals surface area contributed by atoms with Crippen LogP contribution in [0.5, 0.6) is 0 Å². The molecule has 0 fully saturated rings. The normalized spacial score (nSPS) is 11.6. The summed E-state index contributed by atoms with van der Waals surface area (Å²) < 4.78 is 5.08. The minimum atomic E-state index is 0.116. The molecule has 9 rings (SSSR count). The molecule has 0 N–H and O–H groups in total. The van der Waals surface area contributed by atoms with Gasteiger partial charge in [0.2, 0.25) is 0 Å². The van der Waals surface area contributed by atoms with Crippen molar-refractivity contribution in [3.8, 4) is 22.5 Å². The Morgan fingerprint density at radius 3 is 1.43 bits per heavy atom. The summed E-state index contributed by atoms with van der Waals surface area (Å²) in [6.45, 7) is 4.13. The van der Waals surface area contributed by atoms with E-state index in [2.05, 4.69) is 140 Å². The van der Waals surface area contributed by atoms with E-state index in [0.29, 0.717) is 0 Å². The van der Waals surface area contributed by atoms with Crippen molar-refractivity contribution in [2.75, 3.05) is 4.90 Å². The van der Waals surface area contributed by atoms with Gasteiger partial charge in [0.25, 0.3) is 0 Å². The molecule has 6 aromatic heterocycles. The summed E-state index contributed by atoms with van der Waals surface area (Å²) in [6.07, 6.45) is 0. The molecular weight excluding hydrogens is 708 g/mol. The van der Waals surface area contributed by atoms with Gasteiger partial charge in [-0.3, -0.25) is 0 Å². The second kappa shape index (κ2) is 11.4. The number of rotatable bonds is 5. The molecule has 7 heteroatoms. The molecule has 0 atom stereocenters. The first-order chi connectivity index (χ1) is 23.1. The molecular formula is C40H27N5Se2. The van der Waals surface area contributed by atoms with Gasteiger partial charge in [0, 0.05) is 0 Å². The number of pyridine rings is 4. The van der Waals surface area contributed by atoms with Crippen LogP contribution in [0, 0.1) is 13.8 Å². The van der Waals surface area contributed by atoms with Crippen molar-refractivity contribution in [2.45, 2.75) is 13.8 Å². The first-order valence-corrected chi connectivity index (χ1v) is 18.9. The molecule has 6 heterocycles. The number of hydrogen-bond donors (Lipinski definition) is 0. The van der Waals surface area contributed by atoms with E-state index >= 15 is 0 Å². The number of nitrogens with zero attached hydrogens (tertiary/aromatic N) is 5. The molecule has 0 saturated carbocycles. The molecule has 0 aliphatic rings. The second-order valence-electron chi connectivity index (χ2n) is 11.6. The van der Waals surface area contributed by atoms with E-state index in [4.69, 9.17) is 19.9 Å². The number of hydrogen-bond acceptors (Lipinski definition) is 5. The van der Waals surface area contributed by atoms with Crippen LogP contribution in [0.1, 0.15) is 11.4 Å². The fourth-order valence-corrected chi connectivity index (χ4v) is 11.5. The van der Waals surface area contributed by atoms with E-state index in [-0.39, 0.29) is 29.0 Å². The second-order valence-corrected chi connectivity index (χ2v) is 15.8. The molecule has 0 radical (unpaired) electrons. The molecule has 0 aliphatic carbocycles. The van der Waals surface area contributed by atoms with Crippen LogP contribution in [-0.4, -0.2) is 48.9 Å². The third kappa shape index (κ3) is 4.91. The van der Waals surface area contributed by atoms with E-state index in [9.17, 15) is 0 Å². The molecule has 224 valence electrons. The Balaban J connectivity index is 1.19. The fourth-order valence-electron chi connectivity index (χ4n) is 6.30. The first kappa shape index (κ1) is 28.3. The van der Waals surface area contributed by atoms with Gasteiger partial charge in [-0.15, -0.1) is 0 Å². The fraction of sp³-hybridized carbons (Fsp3) is 0.0500. The number of anilines is 3. The summed E-state index contributed by atoms with van der Waals surface area (Å²) in [5.41, 5.74) is 7.36. The van der Waals surface area contributed by atoms with E-state index in [1.807, 2.05) is 6.07 Å². The Bertz CT molecular complexity index is 2460. The maximum absolute atomic E-state index is 5.32. The Kier molecular flexibility index (Phi) is 6.88. The van der Waals surface area contributed by atoms with Crippen molar-refractivity contribution in [2.24, 2.45) is 0 Å². The quantitative estimate of drug-likeness (QED) is 0.165. The van der Waals surface area contributed by atoms with Crippen LogP contribution < -0.4 is 4.90 Å². The van der Waals surface area contributed by atoms with E-state index in [1.165, 1.54) is 50.0 Å². The summed E-state index contributed by atoms with van der Waals surface area (Å²) >= 11 is 0.233. The van der Waals surface area contributed by atoms with Crippen LogP contribution in [0.3, 0.4) is 0 Å². The Labute approximate surface area is 283 Å². The van der Waals surface area contributed by atoms with Crippen molar-refractivity contribution >= 4 is 85.2 Å². The minimum absolute atomic E-state index is 0.116. The number of benzene rings is 3. The zero-order chi connectivity index (χ0) is 31.5. The molecule has 0 spiro atoms. The molecule has 0 saturated heterocycles. The van der Waals surface area contributed by atoms with Gasteiger partial charge < -0.3 is 0 Å². The zero-order valence-electron chi connectivity index (χ0n) is 25.7. The van der Waals surface area contributed by atoms with Gasteiger partial charge >= 0.3 is 285 Å². The number of aromatic nitrogens is 4. The SMILES string of the molecule is Cc1ccc2c(n1)[se]c1c(-c3cccc(N(c4ccccc4)c4cccc(-c5cccc6c5[se]c5nc(C)ccc56)n4)n3)cccc12. The zero-order valence-corrected chi connectivity index (χ0v) is 29.1. The van der Waals surface area contributed by atoms with Gasteiger partial charge in [0.15, 0.2) is 0 Å². The standard InChI is InChI=1S/C40H27N5Se2/c1-24-20-22-29-27-12-6-14-31(37(27)46-39(29)41-24)33-16-8-18-35(43-33)45(26-10-4-3-5-11-26)36-19-9-17-34(44-36)32-15-7-13-28-30-23-21-25(2)42-40(30)47-38(28)32/h3-23H,1-2H3. The van der Waals surface area contributed by atoms with Crippen LogP contribution in [0.25, 0.3) is 61.4 Å². The predicted molar refractivity (Wildman–Crippen MR) is 197 cm³/mol. The molecule has 5 nitrogen and oxygen atoms in total. The molecule has 0 unspecified atom stereocenters. The summed E-state index contributed by atoms with van der Waals surface area (Å²) in [5, 5.41) is 5.05. The van der Waals surface area contributed by atoms with Crippen LogP contribution in [0.2, 0.25) is 0 Å². The van der Waals surface area contributed by atoms with Crippen molar-refractivity contribution in [3.05, 3.63) is 139 Å². The van der Waals surface area contributed by atoms with Gasteiger partial charge in [0.1, 0.15) is 0 Å². The predicted octanol–water partition coefficient (Wildman–Crippen LogP) is 9.41. The Morgan fingerprint density at radius 1 is 0.426 bits per heavy atom. The van der Waals surface area contributed by atoms with Crippen LogP contribution in [0.15, 0.2) is 127 Å². The topological polar surface area (TPSA) is 54.8 Å². The molecule has 47 heavy (non-hydrogen) atoms. The summed E-state index contributed by atoms with van der Waals surface area (Å²) in [6, 6.07) is 44.8. The van der Waals surface area contributed by atoms with E-state index in [1.54, 1.807) is 0 Å². The van der Waals surface area contributed by atoms with E-state index < -0.39 is 0 Å². The third-order valence-electron chi connectivity index (χ3n) is 8.50. The summed E-state index contributed by atoms with van der Waals surface area (Å²) in [7, 11) is 0. The average Bonchev–Trinajstić information content (AvgIpc) is 3.66. The third-order valence-corrected chi connectivity index (χ3v) is 13.3. The number of fused-ring (bicyclic) bond motifs is 6. The number of aryl methyl sites for hydroxylation is 2. The molecule has 3 aromatic carbocycles. The van der Waals surface area contributed by atoms with Gasteiger partial charge in [-0.1, -0.05) is 0 Å². The average molecular weight is 736 g/mol. The van der Waals surface area contributed by atoms with Crippen LogP contribution in [0.4, 0.5) is 17.3 Å². The Hall–Kier alpha value is -4.90. The Morgan fingerprint density at radius 2 is 0.915 bits per heavy atom. The van der Waals surface area contributed by atoms with Crippen molar-refractivity contribution in [1.29, 1.82) is 0 Å². The number of para-hydroxylation sites is 1. The first-order valence-electron chi connectivity index (χ1n) is 15.5. The van der Waals surface area contributed by atoms with Gasteiger partial charge in [0.05, 0.1) is 0 Å².